The van der Waals surface area contributed by atoms with E-state index in [0.717, 1.165) is 25.1 Å². The van der Waals surface area contributed by atoms with Crippen molar-refractivity contribution in [1.29, 1.82) is 0 Å². The van der Waals surface area contributed by atoms with Crippen molar-refractivity contribution in [3.63, 3.8) is 0 Å². The van der Waals surface area contributed by atoms with E-state index >= 15 is 0 Å². The predicted molar refractivity (Wildman–Crippen MR) is 91.2 cm³/mol. The smallest absolute Gasteiger partial charge is 0.119 e. The highest BCUT2D eigenvalue weighted by Crippen LogP contribution is 2.27. The molecule has 1 aliphatic rings. The van der Waals surface area contributed by atoms with Crippen molar-refractivity contribution >= 4 is 10.9 Å². The van der Waals surface area contributed by atoms with Crippen molar-refractivity contribution in [2.75, 3.05) is 20.2 Å². The van der Waals surface area contributed by atoms with E-state index in [0.29, 0.717) is 6.04 Å². The zero-order valence-corrected chi connectivity index (χ0v) is 13.5. The summed E-state index contributed by atoms with van der Waals surface area (Å²) in [7, 11) is 1.72. The lowest BCUT2D eigenvalue weighted by atomic mass is 10.0. The monoisotopic (exact) mass is 296 g/mol. The molecule has 116 valence electrons. The van der Waals surface area contributed by atoms with Gasteiger partial charge in [0, 0.05) is 29.6 Å². The topological polar surface area (TPSA) is 28.3 Å². The molecule has 0 spiro atoms. The number of hydrogen-bond acceptors (Lipinski definition) is 2. The maximum atomic E-state index is 5.36. The van der Waals surface area contributed by atoms with Crippen LogP contribution in [0.15, 0.2) is 24.4 Å². The summed E-state index contributed by atoms with van der Waals surface area (Å²) in [5.74, 6) is 7.40. The zero-order valence-electron chi connectivity index (χ0n) is 13.5. The van der Waals surface area contributed by atoms with Crippen LogP contribution in [0.25, 0.3) is 10.9 Å². The van der Waals surface area contributed by atoms with Gasteiger partial charge in [-0.1, -0.05) is 12.8 Å². The normalized spacial score (nSPS) is 18.4. The van der Waals surface area contributed by atoms with Crippen LogP contribution in [0.3, 0.4) is 0 Å². The largest absolute Gasteiger partial charge is 0.497 e. The first-order valence-electron chi connectivity index (χ1n) is 8.15. The van der Waals surface area contributed by atoms with Gasteiger partial charge in [0.25, 0.3) is 0 Å². The van der Waals surface area contributed by atoms with Crippen LogP contribution in [0.5, 0.6) is 5.75 Å². The van der Waals surface area contributed by atoms with Crippen LogP contribution in [0.4, 0.5) is 0 Å². The molecule has 1 saturated heterocycles. The van der Waals surface area contributed by atoms with Crippen LogP contribution in [0.2, 0.25) is 0 Å². The molecule has 1 fully saturated rings. The number of ether oxygens (including phenoxy) is 1. The molecule has 2 aromatic rings. The molecule has 1 atom stereocenters. The SMILES string of the molecule is CCC#CCN1CCCC1Cc1c[nH]c2ccc(OC)cc12. The molecule has 1 N–H and O–H groups in total. The Morgan fingerprint density at radius 3 is 3.09 bits per heavy atom. The van der Waals surface area contributed by atoms with Gasteiger partial charge in [0.05, 0.1) is 13.7 Å². The molecule has 0 aliphatic carbocycles. The van der Waals surface area contributed by atoms with E-state index in [1.807, 2.05) is 6.07 Å². The Labute approximate surface area is 132 Å². The second-order valence-electron chi connectivity index (χ2n) is 5.90. The van der Waals surface area contributed by atoms with Gasteiger partial charge in [-0.2, -0.15) is 0 Å². The Morgan fingerprint density at radius 1 is 1.36 bits per heavy atom. The van der Waals surface area contributed by atoms with Crippen LogP contribution in [-0.2, 0) is 6.42 Å². The number of fused-ring (bicyclic) bond motifs is 1. The van der Waals surface area contributed by atoms with Crippen molar-refractivity contribution in [2.24, 2.45) is 0 Å². The first kappa shape index (κ1) is 15.0. The zero-order chi connectivity index (χ0) is 15.4. The van der Waals surface area contributed by atoms with Crippen LogP contribution in [-0.4, -0.2) is 36.1 Å². The summed E-state index contributed by atoms with van der Waals surface area (Å²) in [5, 5.41) is 1.28. The van der Waals surface area contributed by atoms with Gasteiger partial charge in [0.1, 0.15) is 5.75 Å². The van der Waals surface area contributed by atoms with E-state index in [1.54, 1.807) is 7.11 Å². The third-order valence-electron chi connectivity index (χ3n) is 4.51. The number of aromatic amines is 1. The van der Waals surface area contributed by atoms with Gasteiger partial charge >= 0.3 is 0 Å². The minimum atomic E-state index is 0.608. The number of H-pyrrole nitrogens is 1. The Hall–Kier alpha value is -1.92. The predicted octanol–water partition coefficient (Wildman–Crippen LogP) is 3.60. The Morgan fingerprint density at radius 2 is 2.27 bits per heavy atom. The van der Waals surface area contributed by atoms with Crippen molar-refractivity contribution in [2.45, 2.75) is 38.6 Å². The van der Waals surface area contributed by atoms with E-state index in [2.05, 4.69) is 47.0 Å². The molecular formula is C19H24N2O. The maximum absolute atomic E-state index is 5.36. The summed E-state index contributed by atoms with van der Waals surface area (Å²) in [5.41, 5.74) is 2.57. The number of hydrogen-bond donors (Lipinski definition) is 1. The molecule has 1 unspecified atom stereocenters. The van der Waals surface area contributed by atoms with Gasteiger partial charge in [0.2, 0.25) is 0 Å². The lowest BCUT2D eigenvalue weighted by Gasteiger charge is -2.21. The van der Waals surface area contributed by atoms with Gasteiger partial charge < -0.3 is 9.72 Å². The lowest BCUT2D eigenvalue weighted by Crippen LogP contribution is -2.31. The molecular weight excluding hydrogens is 272 g/mol. The van der Waals surface area contributed by atoms with E-state index in [1.165, 1.54) is 35.9 Å². The highest BCUT2D eigenvalue weighted by atomic mass is 16.5. The molecule has 0 saturated carbocycles. The molecule has 3 heteroatoms. The fourth-order valence-corrected chi connectivity index (χ4v) is 3.32. The first-order valence-corrected chi connectivity index (χ1v) is 8.15. The van der Waals surface area contributed by atoms with Crippen LogP contribution in [0.1, 0.15) is 31.7 Å². The van der Waals surface area contributed by atoms with E-state index in [4.69, 9.17) is 4.74 Å². The second-order valence-corrected chi connectivity index (χ2v) is 5.90. The molecule has 3 nitrogen and oxygen atoms in total. The Balaban J connectivity index is 1.77. The molecule has 3 rings (SSSR count). The molecule has 1 aromatic carbocycles. The standard InChI is InChI=1S/C19H24N2O/c1-3-4-5-10-21-11-6-7-16(21)12-15-14-20-19-9-8-17(22-2)13-18(15)19/h8-9,13-14,16,20H,3,6-7,10-12H2,1-2H3. The lowest BCUT2D eigenvalue weighted by molar-refractivity contribution is 0.284. The third-order valence-corrected chi connectivity index (χ3v) is 4.51. The third kappa shape index (κ3) is 3.13. The minimum absolute atomic E-state index is 0.608. The first-order chi connectivity index (χ1) is 10.8. The van der Waals surface area contributed by atoms with E-state index in [9.17, 15) is 0 Å². The number of benzene rings is 1. The second kappa shape index (κ2) is 6.89. The summed E-state index contributed by atoms with van der Waals surface area (Å²) in [6.07, 6.45) is 6.73. The van der Waals surface area contributed by atoms with Crippen molar-refractivity contribution in [1.82, 2.24) is 9.88 Å². The maximum Gasteiger partial charge on any atom is 0.119 e. The van der Waals surface area contributed by atoms with Crippen LogP contribution in [0, 0.1) is 11.8 Å². The number of likely N-dealkylation sites (tertiary alicyclic amines) is 1. The molecule has 1 aliphatic heterocycles. The molecule has 0 amide bonds. The summed E-state index contributed by atoms with van der Waals surface area (Å²) in [4.78, 5) is 5.91. The minimum Gasteiger partial charge on any atom is -0.497 e. The Kier molecular flexibility index (Phi) is 4.70. The summed E-state index contributed by atoms with van der Waals surface area (Å²) in [6, 6.07) is 6.84. The van der Waals surface area contributed by atoms with Crippen molar-refractivity contribution < 1.29 is 4.74 Å². The van der Waals surface area contributed by atoms with Gasteiger partial charge in [-0.25, -0.2) is 0 Å². The highest BCUT2D eigenvalue weighted by molar-refractivity contribution is 5.84. The number of nitrogens with zero attached hydrogens (tertiary/aromatic N) is 1. The van der Waals surface area contributed by atoms with Crippen LogP contribution < -0.4 is 4.74 Å². The van der Waals surface area contributed by atoms with Gasteiger partial charge in [-0.05, 0) is 49.6 Å². The Bertz CT molecular complexity index is 692. The van der Waals surface area contributed by atoms with Crippen molar-refractivity contribution in [3.05, 3.63) is 30.0 Å². The molecule has 2 heterocycles. The molecule has 0 bridgehead atoms. The molecule has 0 radical (unpaired) electrons. The molecule has 1 aromatic heterocycles. The van der Waals surface area contributed by atoms with Gasteiger partial charge in [-0.15, -0.1) is 5.92 Å². The fraction of sp³-hybridized carbons (Fsp3) is 0.474. The van der Waals surface area contributed by atoms with E-state index in [-0.39, 0.29) is 0 Å². The summed E-state index contributed by atoms with van der Waals surface area (Å²) < 4.78 is 5.36. The average molecular weight is 296 g/mol. The number of nitrogens with one attached hydrogen (secondary N) is 1. The van der Waals surface area contributed by atoms with Gasteiger partial charge in [0.15, 0.2) is 0 Å². The number of methoxy groups -OCH3 is 1. The van der Waals surface area contributed by atoms with E-state index < -0.39 is 0 Å². The summed E-state index contributed by atoms with van der Waals surface area (Å²) in [6.45, 7) is 4.19. The molecule has 22 heavy (non-hydrogen) atoms. The quantitative estimate of drug-likeness (QED) is 0.873. The summed E-state index contributed by atoms with van der Waals surface area (Å²) >= 11 is 0. The van der Waals surface area contributed by atoms with Crippen LogP contribution >= 0.6 is 0 Å². The number of rotatable bonds is 4. The highest BCUT2D eigenvalue weighted by Gasteiger charge is 2.24. The van der Waals surface area contributed by atoms with Gasteiger partial charge in [-0.3, -0.25) is 4.90 Å². The fourth-order valence-electron chi connectivity index (χ4n) is 3.32. The average Bonchev–Trinajstić information content (AvgIpc) is 3.15. The number of aromatic nitrogens is 1. The van der Waals surface area contributed by atoms with Crippen molar-refractivity contribution in [3.8, 4) is 17.6 Å².